The number of hydrogen-bond acceptors (Lipinski definition) is 4. The van der Waals surface area contributed by atoms with Crippen LogP contribution in [0.15, 0.2) is 0 Å². The van der Waals surface area contributed by atoms with Crippen LogP contribution in [0.25, 0.3) is 0 Å². The van der Waals surface area contributed by atoms with Crippen molar-refractivity contribution in [1.29, 1.82) is 0 Å². The lowest BCUT2D eigenvalue weighted by Crippen LogP contribution is -2.62. The van der Waals surface area contributed by atoms with Crippen LogP contribution in [0.3, 0.4) is 0 Å². The van der Waals surface area contributed by atoms with Gasteiger partial charge in [0.15, 0.2) is 0 Å². The Morgan fingerprint density at radius 3 is 2.21 bits per heavy atom. The van der Waals surface area contributed by atoms with E-state index in [1.165, 1.54) is 6.92 Å². The first-order valence-electron chi connectivity index (χ1n) is 6.55. The predicted molar refractivity (Wildman–Crippen MR) is 75.0 cm³/mol. The third-order valence-corrected chi connectivity index (χ3v) is 4.83. The normalized spacial score (nSPS) is 22.1. The minimum Gasteiger partial charge on any atom is -0.423 e. The van der Waals surface area contributed by atoms with Crippen LogP contribution in [0.5, 0.6) is 0 Å². The van der Waals surface area contributed by atoms with Gasteiger partial charge < -0.3 is 9.26 Å². The van der Waals surface area contributed by atoms with Crippen LogP contribution in [0.2, 0.25) is 0 Å². The SMILES string of the molecule is CC(=O)ON1C[C@@H]([C@H](C(C)(C)C)C(C)(C)O[SiH3])C1=O. The van der Waals surface area contributed by atoms with Crippen molar-refractivity contribution >= 4 is 22.4 Å². The number of hydroxylamine groups is 2. The molecule has 6 heteroatoms. The first-order chi connectivity index (χ1) is 8.50. The lowest BCUT2D eigenvalue weighted by atomic mass is 9.63. The number of carbonyl (C=O) groups excluding carboxylic acids is 2. The maximum absolute atomic E-state index is 12.2. The van der Waals surface area contributed by atoms with E-state index in [0.717, 1.165) is 5.06 Å². The van der Waals surface area contributed by atoms with E-state index in [1.807, 2.05) is 13.8 Å². The summed E-state index contributed by atoms with van der Waals surface area (Å²) >= 11 is 0. The van der Waals surface area contributed by atoms with Gasteiger partial charge in [-0.3, -0.25) is 9.59 Å². The minimum atomic E-state index is -0.461. The van der Waals surface area contributed by atoms with Gasteiger partial charge in [0.25, 0.3) is 5.91 Å². The Kier molecular flexibility index (Phi) is 4.46. The summed E-state index contributed by atoms with van der Waals surface area (Å²) < 4.78 is 5.71. The van der Waals surface area contributed by atoms with E-state index in [0.29, 0.717) is 17.0 Å². The van der Waals surface area contributed by atoms with Gasteiger partial charge in [-0.1, -0.05) is 20.8 Å². The zero-order valence-corrected chi connectivity index (χ0v) is 14.9. The van der Waals surface area contributed by atoms with E-state index in [-0.39, 0.29) is 28.8 Å². The summed E-state index contributed by atoms with van der Waals surface area (Å²) in [7, 11) is 0.627. The Morgan fingerprint density at radius 1 is 1.37 bits per heavy atom. The van der Waals surface area contributed by atoms with Gasteiger partial charge in [0.05, 0.1) is 18.1 Å². The number of carbonyl (C=O) groups is 2. The molecule has 1 aliphatic rings. The second-order valence-electron chi connectivity index (χ2n) is 6.74. The number of rotatable bonds is 4. The first kappa shape index (κ1) is 16.2. The molecule has 0 N–H and O–H groups in total. The van der Waals surface area contributed by atoms with E-state index < -0.39 is 5.97 Å². The fourth-order valence-corrected chi connectivity index (χ4v) is 3.42. The highest BCUT2D eigenvalue weighted by Gasteiger charge is 2.53. The van der Waals surface area contributed by atoms with Crippen molar-refractivity contribution < 1.29 is 18.9 Å². The van der Waals surface area contributed by atoms with Gasteiger partial charge >= 0.3 is 5.97 Å². The Hall–Kier alpha value is -0.883. The molecule has 0 aromatic carbocycles. The van der Waals surface area contributed by atoms with Gasteiger partial charge in [0.2, 0.25) is 0 Å². The summed E-state index contributed by atoms with van der Waals surface area (Å²) in [6.07, 6.45) is 0. The summed E-state index contributed by atoms with van der Waals surface area (Å²) in [4.78, 5) is 27.9. The second kappa shape index (κ2) is 5.24. The molecule has 1 fully saturated rings. The number of β-lactam (4-membered cyclic amide) rings is 1. The highest BCUT2D eigenvalue weighted by molar-refractivity contribution is 5.98. The summed E-state index contributed by atoms with van der Waals surface area (Å²) in [5.41, 5.74) is -0.413. The van der Waals surface area contributed by atoms with Crippen LogP contribution in [-0.2, 0) is 18.9 Å². The third kappa shape index (κ3) is 3.36. The van der Waals surface area contributed by atoms with Crippen molar-refractivity contribution in [3.05, 3.63) is 0 Å². The van der Waals surface area contributed by atoms with Crippen LogP contribution in [-0.4, -0.2) is 39.6 Å². The molecule has 110 valence electrons. The summed E-state index contributed by atoms with van der Waals surface area (Å²) in [6, 6.07) is 0. The number of hydrogen-bond donors (Lipinski definition) is 0. The van der Waals surface area contributed by atoms with Crippen molar-refractivity contribution in [2.45, 2.75) is 47.1 Å². The molecule has 1 saturated heterocycles. The van der Waals surface area contributed by atoms with Crippen LogP contribution in [0.1, 0.15) is 41.5 Å². The predicted octanol–water partition coefficient (Wildman–Crippen LogP) is 0.661. The smallest absolute Gasteiger partial charge is 0.329 e. The average Bonchev–Trinajstić information content (AvgIpc) is 2.24. The molecule has 19 heavy (non-hydrogen) atoms. The molecule has 1 amide bonds. The minimum absolute atomic E-state index is 0.0590. The molecule has 0 bridgehead atoms. The molecule has 1 heterocycles. The molecular weight excluding hydrogens is 262 g/mol. The standard InChI is InChI=1S/C13H25NO4Si/c1-8(15)17-14-7-9(11(14)16)10(12(2,3)4)13(5,6)18-19/h9-10H,7H2,1-6,19H3/t9-,10+/m0/s1. The molecule has 0 aromatic rings. The Labute approximate surface area is 118 Å². The summed E-state index contributed by atoms with van der Waals surface area (Å²) in [6.45, 7) is 12.1. The van der Waals surface area contributed by atoms with E-state index >= 15 is 0 Å². The first-order valence-corrected chi connectivity index (χ1v) is 7.37. The largest absolute Gasteiger partial charge is 0.423 e. The molecule has 1 aliphatic heterocycles. The highest BCUT2D eigenvalue weighted by atomic mass is 28.2. The topological polar surface area (TPSA) is 55.8 Å². The van der Waals surface area contributed by atoms with E-state index in [2.05, 4.69) is 20.8 Å². The van der Waals surface area contributed by atoms with Gasteiger partial charge in [-0.05, 0) is 19.3 Å². The zero-order chi connectivity index (χ0) is 15.0. The van der Waals surface area contributed by atoms with Crippen molar-refractivity contribution in [2.24, 2.45) is 17.3 Å². The molecule has 0 radical (unpaired) electrons. The molecule has 0 saturated carbocycles. The molecule has 0 spiro atoms. The fraction of sp³-hybridized carbons (Fsp3) is 0.846. The molecular formula is C13H25NO4Si. The van der Waals surface area contributed by atoms with Crippen molar-refractivity contribution in [1.82, 2.24) is 5.06 Å². The van der Waals surface area contributed by atoms with Gasteiger partial charge in [-0.2, -0.15) is 5.06 Å². The maximum atomic E-state index is 12.2. The molecule has 0 aliphatic carbocycles. The fourth-order valence-electron chi connectivity index (χ4n) is 3.16. The molecule has 2 atom stereocenters. The Bertz CT molecular complexity index is 375. The lowest BCUT2D eigenvalue weighted by molar-refractivity contribution is -0.231. The van der Waals surface area contributed by atoms with Crippen molar-refractivity contribution in [3.8, 4) is 0 Å². The third-order valence-electron chi connectivity index (χ3n) is 3.77. The monoisotopic (exact) mass is 287 g/mol. The molecule has 1 rings (SSSR count). The highest BCUT2D eigenvalue weighted by Crippen LogP contribution is 2.45. The van der Waals surface area contributed by atoms with Gasteiger partial charge in [0, 0.05) is 12.8 Å². The maximum Gasteiger partial charge on any atom is 0.329 e. The summed E-state index contributed by atoms with van der Waals surface area (Å²) in [5.74, 6) is -0.653. The van der Waals surface area contributed by atoms with Crippen molar-refractivity contribution in [2.75, 3.05) is 6.54 Å². The van der Waals surface area contributed by atoms with E-state index in [1.54, 1.807) is 0 Å². The Balaban J connectivity index is 2.87. The van der Waals surface area contributed by atoms with E-state index in [9.17, 15) is 9.59 Å². The van der Waals surface area contributed by atoms with Crippen LogP contribution in [0.4, 0.5) is 0 Å². The summed E-state index contributed by atoms with van der Waals surface area (Å²) in [5, 5.41) is 1.15. The second-order valence-corrected chi connectivity index (χ2v) is 7.15. The van der Waals surface area contributed by atoms with E-state index in [4.69, 9.17) is 9.26 Å². The zero-order valence-electron chi connectivity index (χ0n) is 12.9. The Morgan fingerprint density at radius 2 is 1.89 bits per heavy atom. The van der Waals surface area contributed by atoms with Gasteiger partial charge in [0.1, 0.15) is 10.5 Å². The van der Waals surface area contributed by atoms with Crippen molar-refractivity contribution in [3.63, 3.8) is 0 Å². The molecule has 0 aromatic heterocycles. The van der Waals surface area contributed by atoms with Crippen LogP contribution in [0, 0.1) is 17.3 Å². The molecule has 5 nitrogen and oxygen atoms in total. The van der Waals surface area contributed by atoms with Gasteiger partial charge in [-0.15, -0.1) is 0 Å². The number of nitrogens with zero attached hydrogens (tertiary/aromatic N) is 1. The number of amides is 1. The van der Waals surface area contributed by atoms with Gasteiger partial charge in [-0.25, -0.2) is 0 Å². The van der Waals surface area contributed by atoms with Crippen LogP contribution < -0.4 is 0 Å². The molecule has 0 unspecified atom stereocenters. The lowest BCUT2D eigenvalue weighted by Gasteiger charge is -2.51. The van der Waals surface area contributed by atoms with Crippen LogP contribution >= 0.6 is 0 Å². The average molecular weight is 287 g/mol. The quantitative estimate of drug-likeness (QED) is 0.563.